The van der Waals surface area contributed by atoms with Crippen molar-refractivity contribution in [2.75, 3.05) is 26.3 Å². The second-order valence-electron chi connectivity index (χ2n) is 8.82. The zero-order valence-electron chi connectivity index (χ0n) is 18.5. The smallest absolute Gasteiger partial charge is 0.322 e. The molecule has 1 N–H and O–H groups in total. The summed E-state index contributed by atoms with van der Waals surface area (Å²) in [6.07, 6.45) is 1.59. The molecule has 2 aromatic rings. The number of rotatable bonds is 7. The van der Waals surface area contributed by atoms with E-state index in [-0.39, 0.29) is 11.9 Å². The van der Waals surface area contributed by atoms with Crippen molar-refractivity contribution in [3.05, 3.63) is 71.3 Å². The van der Waals surface area contributed by atoms with Gasteiger partial charge in [0.05, 0.1) is 6.67 Å². The predicted octanol–water partition coefficient (Wildman–Crippen LogP) is 3.36. The van der Waals surface area contributed by atoms with Crippen molar-refractivity contribution in [2.45, 2.75) is 45.3 Å². The maximum Gasteiger partial charge on any atom is 0.326 e. The molecule has 0 aliphatic carbocycles. The Hall–Kier alpha value is -2.70. The van der Waals surface area contributed by atoms with Crippen molar-refractivity contribution in [3.8, 4) is 0 Å². The van der Waals surface area contributed by atoms with Gasteiger partial charge in [0, 0.05) is 19.6 Å². The van der Waals surface area contributed by atoms with E-state index in [9.17, 15) is 9.59 Å². The van der Waals surface area contributed by atoms with Crippen LogP contribution < -0.4 is 5.32 Å². The Kier molecular flexibility index (Phi) is 6.39. The van der Waals surface area contributed by atoms with Gasteiger partial charge in [-0.25, -0.2) is 9.69 Å². The van der Waals surface area contributed by atoms with E-state index in [0.29, 0.717) is 26.2 Å². The average Bonchev–Trinajstić information content (AvgIpc) is 2.97. The van der Waals surface area contributed by atoms with Crippen LogP contribution >= 0.6 is 0 Å². The summed E-state index contributed by atoms with van der Waals surface area (Å²) in [4.78, 5) is 32.1. The Morgan fingerprint density at radius 3 is 2.58 bits per heavy atom. The van der Waals surface area contributed by atoms with E-state index in [2.05, 4.69) is 59.3 Å². The number of carbonyl (C=O) groups excluding carboxylic acids is 2. The lowest BCUT2D eigenvalue weighted by atomic mass is 9.88. The number of piperidine rings is 1. The fourth-order valence-corrected chi connectivity index (χ4v) is 4.73. The minimum atomic E-state index is -0.799. The molecular formula is C25H32N4O2. The molecule has 6 nitrogen and oxygen atoms in total. The number of benzene rings is 2. The van der Waals surface area contributed by atoms with Crippen molar-refractivity contribution in [2.24, 2.45) is 0 Å². The number of imide groups is 1. The van der Waals surface area contributed by atoms with Crippen molar-refractivity contribution in [3.63, 3.8) is 0 Å². The Labute approximate surface area is 184 Å². The van der Waals surface area contributed by atoms with Gasteiger partial charge in [-0.3, -0.25) is 14.6 Å². The zero-order valence-corrected chi connectivity index (χ0v) is 18.5. The summed E-state index contributed by atoms with van der Waals surface area (Å²) in [6, 6.07) is 18.4. The molecule has 0 bridgehead atoms. The van der Waals surface area contributed by atoms with E-state index in [1.807, 2.05) is 24.3 Å². The SMILES string of the molecule is CCN(Cc1cccc(C)c1)CN1C(=O)NC2(CCCN(Cc3ccccc3)C2)C1=O. The maximum absolute atomic E-state index is 13.4. The molecule has 2 fully saturated rings. The molecule has 31 heavy (non-hydrogen) atoms. The molecule has 6 heteroatoms. The quantitative estimate of drug-likeness (QED) is 0.698. The number of nitrogens with zero attached hydrogens (tertiary/aromatic N) is 3. The Balaban J connectivity index is 1.43. The van der Waals surface area contributed by atoms with Gasteiger partial charge in [0.2, 0.25) is 0 Å². The lowest BCUT2D eigenvalue weighted by Crippen LogP contribution is -2.58. The monoisotopic (exact) mass is 420 g/mol. The average molecular weight is 421 g/mol. The molecule has 2 heterocycles. The molecule has 0 radical (unpaired) electrons. The summed E-state index contributed by atoms with van der Waals surface area (Å²) in [5.74, 6) is -0.0852. The third kappa shape index (κ3) is 4.81. The molecule has 2 aliphatic rings. The molecular weight excluding hydrogens is 388 g/mol. The third-order valence-electron chi connectivity index (χ3n) is 6.34. The Morgan fingerprint density at radius 1 is 1.06 bits per heavy atom. The summed E-state index contributed by atoms with van der Waals surface area (Å²) in [6.45, 7) is 8.22. The molecule has 1 unspecified atom stereocenters. The number of aryl methyl sites for hydroxylation is 1. The van der Waals surface area contributed by atoms with E-state index < -0.39 is 5.54 Å². The van der Waals surface area contributed by atoms with Crippen LogP contribution in [0.25, 0.3) is 0 Å². The van der Waals surface area contributed by atoms with Crippen LogP contribution in [-0.4, -0.2) is 58.5 Å². The zero-order chi connectivity index (χ0) is 21.8. The third-order valence-corrected chi connectivity index (χ3v) is 6.34. The number of likely N-dealkylation sites (tertiary alicyclic amines) is 1. The number of amides is 3. The predicted molar refractivity (Wildman–Crippen MR) is 121 cm³/mol. The van der Waals surface area contributed by atoms with Crippen molar-refractivity contribution in [1.82, 2.24) is 20.0 Å². The van der Waals surface area contributed by atoms with Crippen molar-refractivity contribution >= 4 is 11.9 Å². The molecule has 3 amide bonds. The van der Waals surface area contributed by atoms with Crippen LogP contribution in [0.1, 0.15) is 36.5 Å². The van der Waals surface area contributed by atoms with Crippen LogP contribution in [0.4, 0.5) is 4.79 Å². The number of carbonyl (C=O) groups is 2. The largest absolute Gasteiger partial charge is 0.326 e. The van der Waals surface area contributed by atoms with Gasteiger partial charge in [0.15, 0.2) is 0 Å². The second-order valence-corrected chi connectivity index (χ2v) is 8.82. The van der Waals surface area contributed by atoms with Gasteiger partial charge in [0.1, 0.15) is 5.54 Å². The van der Waals surface area contributed by atoms with Gasteiger partial charge >= 0.3 is 6.03 Å². The molecule has 1 atom stereocenters. The summed E-state index contributed by atoms with van der Waals surface area (Å²) in [5.41, 5.74) is 2.83. The van der Waals surface area contributed by atoms with E-state index in [4.69, 9.17) is 0 Å². The van der Waals surface area contributed by atoms with Crippen LogP contribution in [0, 0.1) is 6.92 Å². The summed E-state index contributed by atoms with van der Waals surface area (Å²) >= 11 is 0. The summed E-state index contributed by atoms with van der Waals surface area (Å²) in [5, 5.41) is 3.06. The first kappa shape index (κ1) is 21.5. The molecule has 0 aromatic heterocycles. The minimum Gasteiger partial charge on any atom is -0.322 e. The summed E-state index contributed by atoms with van der Waals surface area (Å²) < 4.78 is 0. The first-order valence-electron chi connectivity index (χ1n) is 11.2. The number of hydrogen-bond donors (Lipinski definition) is 1. The first-order valence-corrected chi connectivity index (χ1v) is 11.2. The van der Waals surface area contributed by atoms with Gasteiger partial charge in [-0.05, 0) is 44.0 Å². The van der Waals surface area contributed by atoms with Gasteiger partial charge in [-0.2, -0.15) is 0 Å². The summed E-state index contributed by atoms with van der Waals surface area (Å²) in [7, 11) is 0. The minimum absolute atomic E-state index is 0.0852. The van der Waals surface area contributed by atoms with Crippen LogP contribution in [0.5, 0.6) is 0 Å². The topological polar surface area (TPSA) is 55.9 Å². The van der Waals surface area contributed by atoms with E-state index in [0.717, 1.165) is 26.1 Å². The molecule has 2 saturated heterocycles. The number of urea groups is 1. The van der Waals surface area contributed by atoms with E-state index >= 15 is 0 Å². The molecule has 4 rings (SSSR count). The van der Waals surface area contributed by atoms with Crippen molar-refractivity contribution in [1.29, 1.82) is 0 Å². The lowest BCUT2D eigenvalue weighted by Gasteiger charge is -2.38. The second kappa shape index (κ2) is 9.20. The molecule has 1 spiro atoms. The number of hydrogen-bond acceptors (Lipinski definition) is 4. The highest BCUT2D eigenvalue weighted by Crippen LogP contribution is 2.29. The Bertz CT molecular complexity index is 932. The lowest BCUT2D eigenvalue weighted by molar-refractivity contribution is -0.134. The maximum atomic E-state index is 13.4. The van der Waals surface area contributed by atoms with Gasteiger partial charge in [-0.15, -0.1) is 0 Å². The first-order chi connectivity index (χ1) is 15.0. The van der Waals surface area contributed by atoms with Gasteiger partial charge in [0.25, 0.3) is 5.91 Å². The van der Waals surface area contributed by atoms with E-state index in [1.54, 1.807) is 0 Å². The highest BCUT2D eigenvalue weighted by molar-refractivity contribution is 6.07. The van der Waals surface area contributed by atoms with Crippen LogP contribution in [0.15, 0.2) is 54.6 Å². The standard InChI is InChI=1S/C25H32N4O2/c1-3-27(17-22-12-7-9-20(2)15-22)19-29-23(30)25(26-24(29)31)13-8-14-28(18-25)16-21-10-5-4-6-11-21/h4-7,9-12,15H,3,8,13-14,16-19H2,1-2H3,(H,26,31). The van der Waals surface area contributed by atoms with Crippen molar-refractivity contribution < 1.29 is 9.59 Å². The Morgan fingerprint density at radius 2 is 1.84 bits per heavy atom. The highest BCUT2D eigenvalue weighted by Gasteiger charge is 2.53. The molecule has 164 valence electrons. The van der Waals surface area contributed by atoms with Gasteiger partial charge < -0.3 is 5.32 Å². The fourth-order valence-electron chi connectivity index (χ4n) is 4.73. The number of nitrogens with one attached hydrogen (secondary N) is 1. The highest BCUT2D eigenvalue weighted by atomic mass is 16.2. The van der Waals surface area contributed by atoms with E-state index in [1.165, 1.54) is 21.6 Å². The van der Waals surface area contributed by atoms with Crippen LogP contribution in [0.3, 0.4) is 0 Å². The van der Waals surface area contributed by atoms with Crippen LogP contribution in [-0.2, 0) is 17.9 Å². The normalized spacial score (nSPS) is 21.8. The molecule has 2 aliphatic heterocycles. The van der Waals surface area contributed by atoms with Crippen LogP contribution in [0.2, 0.25) is 0 Å². The molecule has 0 saturated carbocycles. The fraction of sp³-hybridized carbons (Fsp3) is 0.440. The molecule has 2 aromatic carbocycles. The van der Waals surface area contributed by atoms with Gasteiger partial charge in [-0.1, -0.05) is 67.1 Å².